The Labute approximate surface area is 163 Å². The monoisotopic (exact) mass is 385 g/mol. The van der Waals surface area contributed by atoms with E-state index < -0.39 is 24.5 Å². The molecule has 0 aliphatic carbocycles. The maximum absolute atomic E-state index is 11.9. The second kappa shape index (κ2) is 10.1. The second-order valence-corrected chi connectivity index (χ2v) is 6.06. The van der Waals surface area contributed by atoms with Crippen LogP contribution in [0.3, 0.4) is 0 Å². The van der Waals surface area contributed by atoms with E-state index in [2.05, 4.69) is 5.32 Å². The molecule has 0 fully saturated rings. The summed E-state index contributed by atoms with van der Waals surface area (Å²) in [7, 11) is 0. The number of hydrogen-bond donors (Lipinski definition) is 1. The lowest BCUT2D eigenvalue weighted by atomic mass is 10.1. The van der Waals surface area contributed by atoms with E-state index in [1.165, 1.54) is 12.1 Å². The lowest BCUT2D eigenvalue weighted by Gasteiger charge is -2.10. The lowest BCUT2D eigenvalue weighted by Crippen LogP contribution is -2.23. The fourth-order valence-electron chi connectivity index (χ4n) is 2.39. The summed E-state index contributed by atoms with van der Waals surface area (Å²) in [5.41, 5.74) is 2.87. The van der Waals surface area contributed by atoms with E-state index in [-0.39, 0.29) is 13.2 Å². The Morgan fingerprint density at radius 1 is 0.929 bits per heavy atom. The first kappa shape index (κ1) is 21.0. The number of carbonyl (C=O) groups is 3. The van der Waals surface area contributed by atoms with Crippen LogP contribution >= 0.6 is 0 Å². The molecule has 0 heterocycles. The van der Waals surface area contributed by atoms with Gasteiger partial charge in [-0.05, 0) is 56.7 Å². The first-order valence-electron chi connectivity index (χ1n) is 8.81. The van der Waals surface area contributed by atoms with Crippen molar-refractivity contribution in [1.29, 1.82) is 0 Å². The Kier molecular flexibility index (Phi) is 7.56. The van der Waals surface area contributed by atoms with Crippen LogP contribution < -0.4 is 10.1 Å². The molecule has 2 rings (SSSR count). The highest BCUT2D eigenvalue weighted by Gasteiger charge is 2.11. The van der Waals surface area contributed by atoms with E-state index in [4.69, 9.17) is 14.2 Å². The van der Waals surface area contributed by atoms with Gasteiger partial charge in [-0.25, -0.2) is 9.59 Å². The highest BCUT2D eigenvalue weighted by atomic mass is 16.6. The van der Waals surface area contributed by atoms with Gasteiger partial charge in [-0.2, -0.15) is 0 Å². The number of carbonyl (C=O) groups excluding carboxylic acids is 3. The number of anilines is 1. The van der Waals surface area contributed by atoms with Gasteiger partial charge >= 0.3 is 11.9 Å². The Balaban J connectivity index is 1.75. The lowest BCUT2D eigenvalue weighted by molar-refractivity contribution is -0.149. The van der Waals surface area contributed by atoms with Gasteiger partial charge in [0, 0.05) is 5.69 Å². The molecule has 1 amide bonds. The minimum Gasteiger partial charge on any atom is -0.482 e. The van der Waals surface area contributed by atoms with Gasteiger partial charge in [0.1, 0.15) is 5.75 Å². The third-order valence-corrected chi connectivity index (χ3v) is 3.72. The summed E-state index contributed by atoms with van der Waals surface area (Å²) in [5.74, 6) is -0.983. The molecule has 0 aromatic heterocycles. The van der Waals surface area contributed by atoms with Gasteiger partial charge in [0.25, 0.3) is 5.91 Å². The molecule has 2 aromatic carbocycles. The van der Waals surface area contributed by atoms with Gasteiger partial charge in [-0.3, -0.25) is 4.79 Å². The van der Waals surface area contributed by atoms with Crippen molar-refractivity contribution in [2.45, 2.75) is 20.8 Å². The molecular weight excluding hydrogens is 362 g/mol. The quantitative estimate of drug-likeness (QED) is 0.703. The maximum Gasteiger partial charge on any atom is 0.344 e. The van der Waals surface area contributed by atoms with Crippen molar-refractivity contribution in [3.8, 4) is 5.75 Å². The Hall–Kier alpha value is -3.35. The molecule has 0 unspecified atom stereocenters. The van der Waals surface area contributed by atoms with E-state index in [0.717, 1.165) is 11.1 Å². The normalized spacial score (nSPS) is 10.1. The predicted molar refractivity (Wildman–Crippen MR) is 103 cm³/mol. The van der Waals surface area contributed by atoms with Gasteiger partial charge in [0.05, 0.1) is 12.2 Å². The fraction of sp³-hybridized carbons (Fsp3) is 0.286. The van der Waals surface area contributed by atoms with Gasteiger partial charge < -0.3 is 19.5 Å². The van der Waals surface area contributed by atoms with Crippen molar-refractivity contribution in [1.82, 2.24) is 0 Å². The molecular formula is C21H23NO6. The second-order valence-electron chi connectivity index (χ2n) is 6.06. The summed E-state index contributed by atoms with van der Waals surface area (Å²) in [6.07, 6.45) is 0. The first-order chi connectivity index (χ1) is 13.4. The molecule has 0 saturated heterocycles. The number of ether oxygens (including phenoxy) is 3. The molecule has 0 bridgehead atoms. The number of aryl methyl sites for hydroxylation is 2. The van der Waals surface area contributed by atoms with E-state index >= 15 is 0 Å². The van der Waals surface area contributed by atoms with Crippen LogP contribution in [-0.4, -0.2) is 37.7 Å². The van der Waals surface area contributed by atoms with Crippen molar-refractivity contribution < 1.29 is 28.6 Å². The topological polar surface area (TPSA) is 90.9 Å². The summed E-state index contributed by atoms with van der Waals surface area (Å²) >= 11 is 0. The molecule has 0 atom stereocenters. The third-order valence-electron chi connectivity index (χ3n) is 3.72. The average Bonchev–Trinajstić information content (AvgIpc) is 2.66. The van der Waals surface area contributed by atoms with Crippen molar-refractivity contribution in [2.75, 3.05) is 25.1 Å². The van der Waals surface area contributed by atoms with Crippen LogP contribution in [0.4, 0.5) is 5.69 Å². The van der Waals surface area contributed by atoms with Crippen LogP contribution in [-0.2, 0) is 19.1 Å². The minimum atomic E-state index is -0.646. The number of nitrogens with one attached hydrogen (secondary N) is 1. The average molecular weight is 385 g/mol. The Morgan fingerprint density at radius 3 is 2.29 bits per heavy atom. The molecule has 7 nitrogen and oxygen atoms in total. The van der Waals surface area contributed by atoms with Crippen LogP contribution in [0.2, 0.25) is 0 Å². The van der Waals surface area contributed by atoms with Gasteiger partial charge in [-0.1, -0.05) is 17.7 Å². The molecule has 0 saturated carbocycles. The van der Waals surface area contributed by atoms with E-state index in [1.807, 2.05) is 26.0 Å². The SMILES string of the molecule is CCOC(=O)c1ccc(NC(=O)COC(=O)COc2ccc(C)cc2C)cc1. The molecule has 2 aromatic rings. The zero-order chi connectivity index (χ0) is 20.5. The molecule has 0 radical (unpaired) electrons. The zero-order valence-electron chi connectivity index (χ0n) is 16.1. The first-order valence-corrected chi connectivity index (χ1v) is 8.81. The number of benzene rings is 2. The molecule has 148 valence electrons. The van der Waals surface area contributed by atoms with Crippen LogP contribution in [0.1, 0.15) is 28.4 Å². The number of esters is 2. The highest BCUT2D eigenvalue weighted by Crippen LogP contribution is 2.18. The number of rotatable bonds is 8. The Bertz CT molecular complexity index is 844. The van der Waals surface area contributed by atoms with E-state index in [1.54, 1.807) is 25.1 Å². The molecule has 0 aliphatic rings. The van der Waals surface area contributed by atoms with Crippen LogP contribution in [0.5, 0.6) is 5.75 Å². The van der Waals surface area contributed by atoms with Crippen LogP contribution in [0.25, 0.3) is 0 Å². The van der Waals surface area contributed by atoms with Crippen molar-refractivity contribution >= 4 is 23.5 Å². The molecule has 0 aliphatic heterocycles. The largest absolute Gasteiger partial charge is 0.482 e. The molecule has 28 heavy (non-hydrogen) atoms. The Morgan fingerprint density at radius 2 is 1.64 bits per heavy atom. The summed E-state index contributed by atoms with van der Waals surface area (Å²) in [6.45, 7) is 5.14. The standard InChI is InChI=1S/C21H23NO6/c1-4-26-21(25)16-6-8-17(9-7-16)22-19(23)12-28-20(24)13-27-18-10-5-14(2)11-15(18)3/h5-11H,4,12-13H2,1-3H3,(H,22,23). The van der Waals surface area contributed by atoms with E-state index in [9.17, 15) is 14.4 Å². The van der Waals surface area contributed by atoms with Crippen LogP contribution in [0, 0.1) is 13.8 Å². The van der Waals surface area contributed by atoms with Crippen molar-refractivity contribution in [2.24, 2.45) is 0 Å². The van der Waals surface area contributed by atoms with Crippen molar-refractivity contribution in [3.63, 3.8) is 0 Å². The molecule has 1 N–H and O–H groups in total. The zero-order valence-corrected chi connectivity index (χ0v) is 16.1. The smallest absolute Gasteiger partial charge is 0.344 e. The van der Waals surface area contributed by atoms with Gasteiger partial charge in [-0.15, -0.1) is 0 Å². The maximum atomic E-state index is 11.9. The van der Waals surface area contributed by atoms with Gasteiger partial charge in [0.2, 0.25) is 0 Å². The van der Waals surface area contributed by atoms with Gasteiger partial charge in [0.15, 0.2) is 13.2 Å². The fourth-order valence-corrected chi connectivity index (χ4v) is 2.39. The van der Waals surface area contributed by atoms with Crippen molar-refractivity contribution in [3.05, 3.63) is 59.2 Å². The molecule has 0 spiro atoms. The van der Waals surface area contributed by atoms with Crippen LogP contribution in [0.15, 0.2) is 42.5 Å². The summed E-state index contributed by atoms with van der Waals surface area (Å²) in [6, 6.07) is 11.8. The summed E-state index contributed by atoms with van der Waals surface area (Å²) in [4.78, 5) is 35.2. The predicted octanol–water partition coefficient (Wildman–Crippen LogP) is 3.04. The molecule has 7 heteroatoms. The van der Waals surface area contributed by atoms with E-state index in [0.29, 0.717) is 17.0 Å². The third kappa shape index (κ3) is 6.42. The number of amides is 1. The minimum absolute atomic E-state index is 0.286. The summed E-state index contributed by atoms with van der Waals surface area (Å²) < 4.78 is 15.2. The highest BCUT2D eigenvalue weighted by molar-refractivity contribution is 5.94. The number of hydrogen-bond acceptors (Lipinski definition) is 6. The summed E-state index contributed by atoms with van der Waals surface area (Å²) in [5, 5.41) is 2.58.